The SMILES string of the molecule is C=C/C(F)=C\C=C(/C)N=C(N)CC(NCC/C(C=O)=C(\C)N1CCSC1=NC)C(=O)O.CC. The number of hydrogen-bond acceptors (Lipinski definition) is 6. The highest BCUT2D eigenvalue weighted by molar-refractivity contribution is 8.14. The topological polar surface area (TPSA) is 120 Å². The molecule has 1 unspecified atom stereocenters. The first-order valence-corrected chi connectivity index (χ1v) is 11.7. The van der Waals surface area contributed by atoms with Crippen LogP contribution in [0.15, 0.2) is 57.6 Å². The molecule has 1 aliphatic rings. The van der Waals surface area contributed by atoms with Crippen molar-refractivity contribution in [2.24, 2.45) is 15.7 Å². The molecule has 1 fully saturated rings. The van der Waals surface area contributed by atoms with Gasteiger partial charge in [0.25, 0.3) is 0 Å². The standard InChI is InChI=1S/C21H30FN5O3S.C2H6/c1-5-17(22)7-6-14(2)26-19(23)12-18(20(29)30)25-9-8-16(13-28)15(3)27-10-11-31-21(27)24-4;1-2/h5-7,13,18,25H,1,8-12H2,2-4H3,(H2,23,26)(H,29,30);1-2H3/b14-6+,16-15-,17-7+,24-21?;. The number of amidine groups is 2. The van der Waals surface area contributed by atoms with E-state index in [1.165, 1.54) is 12.2 Å². The second-order valence-electron chi connectivity index (χ2n) is 6.70. The summed E-state index contributed by atoms with van der Waals surface area (Å²) in [5, 5.41) is 13.2. The van der Waals surface area contributed by atoms with E-state index in [9.17, 15) is 19.1 Å². The molecule has 0 bridgehead atoms. The van der Waals surface area contributed by atoms with Gasteiger partial charge in [-0.15, -0.1) is 0 Å². The Morgan fingerprint density at radius 3 is 2.61 bits per heavy atom. The van der Waals surface area contributed by atoms with Crippen LogP contribution in [-0.2, 0) is 9.59 Å². The molecule has 4 N–H and O–H groups in total. The lowest BCUT2D eigenvalue weighted by atomic mass is 10.1. The third-order valence-corrected chi connectivity index (χ3v) is 5.52. The number of aliphatic carboxylic acids is 1. The molecule has 0 radical (unpaired) electrons. The molecular weight excluding hydrogens is 445 g/mol. The Hall–Kier alpha value is -2.72. The van der Waals surface area contributed by atoms with Crippen molar-refractivity contribution < 1.29 is 19.1 Å². The molecule has 1 heterocycles. The Labute approximate surface area is 200 Å². The third-order valence-electron chi connectivity index (χ3n) is 4.48. The van der Waals surface area contributed by atoms with Crippen molar-refractivity contribution in [1.29, 1.82) is 0 Å². The molecule has 0 aromatic rings. The van der Waals surface area contributed by atoms with Crippen LogP contribution in [0.2, 0.25) is 0 Å². The molecule has 10 heteroatoms. The van der Waals surface area contributed by atoms with Crippen LogP contribution in [0.4, 0.5) is 4.39 Å². The molecule has 1 aliphatic heterocycles. The van der Waals surface area contributed by atoms with Gasteiger partial charge in [-0.1, -0.05) is 32.2 Å². The molecule has 0 amide bonds. The third kappa shape index (κ3) is 11.1. The quantitative estimate of drug-likeness (QED) is 0.128. The van der Waals surface area contributed by atoms with Gasteiger partial charge in [-0.25, -0.2) is 9.38 Å². The second kappa shape index (κ2) is 16.8. The molecule has 184 valence electrons. The summed E-state index contributed by atoms with van der Waals surface area (Å²) in [6, 6.07) is -0.972. The number of halogens is 1. The van der Waals surface area contributed by atoms with Crippen LogP contribution in [-0.4, -0.2) is 65.2 Å². The molecule has 1 saturated heterocycles. The fraction of sp³-hybridized carbons (Fsp3) is 0.478. The Kier molecular flexibility index (Phi) is 15.5. The van der Waals surface area contributed by atoms with Crippen molar-refractivity contribution in [2.45, 2.75) is 46.6 Å². The highest BCUT2D eigenvalue weighted by Crippen LogP contribution is 2.24. The number of carboxylic acid groups (broad SMARTS) is 1. The number of thioether (sulfide) groups is 1. The van der Waals surface area contributed by atoms with Crippen LogP contribution in [0.1, 0.15) is 40.5 Å². The summed E-state index contributed by atoms with van der Waals surface area (Å²) < 4.78 is 13.1. The molecule has 0 aliphatic carbocycles. The first kappa shape index (κ1) is 30.3. The summed E-state index contributed by atoms with van der Waals surface area (Å²) in [6.45, 7) is 11.8. The number of carbonyl (C=O) groups is 2. The lowest BCUT2D eigenvalue weighted by Gasteiger charge is -2.21. The number of nitrogens with one attached hydrogen (secondary N) is 1. The Morgan fingerprint density at radius 2 is 2.06 bits per heavy atom. The monoisotopic (exact) mass is 481 g/mol. The Balaban J connectivity index is 0.00000497. The summed E-state index contributed by atoms with van der Waals surface area (Å²) in [7, 11) is 1.71. The van der Waals surface area contributed by atoms with Crippen molar-refractivity contribution >= 4 is 35.0 Å². The fourth-order valence-corrected chi connectivity index (χ4v) is 3.78. The zero-order valence-electron chi connectivity index (χ0n) is 20.1. The van der Waals surface area contributed by atoms with Gasteiger partial charge in [0.1, 0.15) is 24.0 Å². The maximum atomic E-state index is 13.1. The van der Waals surface area contributed by atoms with Crippen molar-refractivity contribution in [1.82, 2.24) is 10.2 Å². The second-order valence-corrected chi connectivity index (χ2v) is 7.76. The number of carboxylic acids is 1. The fourth-order valence-electron chi connectivity index (χ4n) is 2.81. The number of hydrogen-bond donors (Lipinski definition) is 3. The van der Waals surface area contributed by atoms with Crippen LogP contribution in [0.25, 0.3) is 0 Å². The van der Waals surface area contributed by atoms with Gasteiger partial charge in [-0.2, -0.15) is 0 Å². The Bertz CT molecular complexity index is 834. The smallest absolute Gasteiger partial charge is 0.321 e. The first-order chi connectivity index (χ1) is 15.7. The average molecular weight is 482 g/mol. The minimum absolute atomic E-state index is 0.0390. The van der Waals surface area contributed by atoms with E-state index in [4.69, 9.17) is 5.73 Å². The normalized spacial score (nSPS) is 17.8. The number of nitrogens with zero attached hydrogens (tertiary/aromatic N) is 3. The van der Waals surface area contributed by atoms with Crippen molar-refractivity contribution in [3.63, 3.8) is 0 Å². The van der Waals surface area contributed by atoms with Gasteiger partial charge in [0.15, 0.2) is 5.17 Å². The molecule has 0 aromatic heterocycles. The lowest BCUT2D eigenvalue weighted by Crippen LogP contribution is -2.40. The van der Waals surface area contributed by atoms with Gasteiger partial charge in [0.2, 0.25) is 0 Å². The molecule has 1 rings (SSSR count). The highest BCUT2D eigenvalue weighted by Gasteiger charge is 2.23. The van der Waals surface area contributed by atoms with Crippen molar-refractivity contribution in [3.8, 4) is 0 Å². The van der Waals surface area contributed by atoms with Gasteiger partial charge < -0.3 is 21.1 Å². The van der Waals surface area contributed by atoms with E-state index in [1.54, 1.807) is 25.7 Å². The highest BCUT2D eigenvalue weighted by atomic mass is 32.2. The largest absolute Gasteiger partial charge is 0.480 e. The van der Waals surface area contributed by atoms with E-state index < -0.39 is 17.8 Å². The zero-order chi connectivity index (χ0) is 25.4. The average Bonchev–Trinajstić information content (AvgIpc) is 3.29. The number of aldehydes is 1. The number of allylic oxidation sites excluding steroid dienone is 6. The van der Waals surface area contributed by atoms with Crippen LogP contribution in [0.5, 0.6) is 0 Å². The molecule has 0 saturated carbocycles. The summed E-state index contributed by atoms with van der Waals surface area (Å²) in [5.74, 6) is -0.599. The van der Waals surface area contributed by atoms with E-state index in [1.807, 2.05) is 25.7 Å². The summed E-state index contributed by atoms with van der Waals surface area (Å²) in [4.78, 5) is 33.5. The van der Waals surface area contributed by atoms with E-state index >= 15 is 0 Å². The minimum atomic E-state index is -1.08. The number of carbonyl (C=O) groups excluding carboxylic acids is 1. The van der Waals surface area contributed by atoms with Crippen molar-refractivity contribution in [2.75, 3.05) is 25.9 Å². The molecule has 0 aromatic carbocycles. The van der Waals surface area contributed by atoms with Crippen LogP contribution in [0.3, 0.4) is 0 Å². The zero-order valence-corrected chi connectivity index (χ0v) is 20.9. The van der Waals surface area contributed by atoms with Gasteiger partial charge in [0, 0.05) is 49.3 Å². The number of aliphatic imine (C=N–C) groups is 2. The van der Waals surface area contributed by atoms with Gasteiger partial charge in [-0.05, 0) is 38.5 Å². The summed E-state index contributed by atoms with van der Waals surface area (Å²) in [6.07, 6.45) is 4.78. The van der Waals surface area contributed by atoms with Gasteiger partial charge in [-0.3, -0.25) is 14.6 Å². The maximum absolute atomic E-state index is 13.1. The molecule has 8 nitrogen and oxygen atoms in total. The molecule has 1 atom stereocenters. The summed E-state index contributed by atoms with van der Waals surface area (Å²) in [5.41, 5.74) is 7.68. The number of rotatable bonds is 12. The van der Waals surface area contributed by atoms with Crippen LogP contribution < -0.4 is 11.1 Å². The maximum Gasteiger partial charge on any atom is 0.321 e. The first-order valence-electron chi connectivity index (χ1n) is 10.7. The van der Waals surface area contributed by atoms with E-state index in [-0.39, 0.29) is 18.8 Å². The van der Waals surface area contributed by atoms with Gasteiger partial charge in [0.05, 0.1) is 0 Å². The summed E-state index contributed by atoms with van der Waals surface area (Å²) >= 11 is 1.63. The van der Waals surface area contributed by atoms with Crippen molar-refractivity contribution in [3.05, 3.63) is 47.6 Å². The molecular formula is C23H36FN5O3S. The van der Waals surface area contributed by atoms with Gasteiger partial charge >= 0.3 is 5.97 Å². The molecule has 33 heavy (non-hydrogen) atoms. The predicted molar refractivity (Wildman–Crippen MR) is 136 cm³/mol. The van der Waals surface area contributed by atoms with E-state index in [0.717, 1.165) is 35.5 Å². The minimum Gasteiger partial charge on any atom is -0.480 e. The predicted octanol–water partition coefficient (Wildman–Crippen LogP) is 3.64. The lowest BCUT2D eigenvalue weighted by molar-refractivity contribution is -0.139. The molecule has 0 spiro atoms. The Morgan fingerprint density at radius 1 is 1.39 bits per heavy atom. The van der Waals surface area contributed by atoms with E-state index in [0.29, 0.717) is 17.7 Å². The van der Waals surface area contributed by atoms with Crippen LogP contribution in [0, 0.1) is 0 Å². The number of nitrogens with two attached hydrogens (primary N) is 1. The van der Waals surface area contributed by atoms with Crippen LogP contribution >= 0.6 is 11.8 Å². The van der Waals surface area contributed by atoms with E-state index in [2.05, 4.69) is 21.9 Å².